The van der Waals surface area contributed by atoms with Crippen molar-refractivity contribution in [2.75, 3.05) is 0 Å². The molecule has 0 aromatic carbocycles. The van der Waals surface area contributed by atoms with Crippen LogP contribution in [0.25, 0.3) is 0 Å². The number of unbranched alkanes of at least 4 members (excludes halogenated alkanes) is 2. The molecule has 0 radical (unpaired) electrons. The monoisotopic (exact) mass is 212 g/mol. The van der Waals surface area contributed by atoms with Crippen molar-refractivity contribution in [1.29, 1.82) is 0 Å². The van der Waals surface area contributed by atoms with Gasteiger partial charge in [-0.15, -0.1) is 0 Å². The standard InChI is InChI=1S/C12H20O3/c1-3-5-7-9-11(13)15-12(14)10-8-6-4-2/h5,7H,3-4,6,8-10H2,1-2H3/b7-5-. The van der Waals surface area contributed by atoms with E-state index in [9.17, 15) is 9.59 Å². The Kier molecular flexibility index (Phi) is 8.73. The average molecular weight is 212 g/mol. The molecule has 0 bridgehead atoms. The van der Waals surface area contributed by atoms with Crippen LogP contribution in [-0.4, -0.2) is 11.9 Å². The lowest BCUT2D eigenvalue weighted by atomic mass is 10.2. The maximum absolute atomic E-state index is 11.1. The number of carbonyl (C=O) groups is 2. The molecule has 3 nitrogen and oxygen atoms in total. The molecule has 0 heterocycles. The van der Waals surface area contributed by atoms with Crippen LogP contribution >= 0.6 is 0 Å². The van der Waals surface area contributed by atoms with E-state index in [-0.39, 0.29) is 6.42 Å². The second-order valence-electron chi connectivity index (χ2n) is 3.39. The first-order chi connectivity index (χ1) is 7.20. The Labute approximate surface area is 91.5 Å². The predicted octanol–water partition coefficient (Wildman–Crippen LogP) is 2.99. The third-order valence-corrected chi connectivity index (χ3v) is 1.90. The summed E-state index contributed by atoms with van der Waals surface area (Å²) < 4.78 is 4.61. The summed E-state index contributed by atoms with van der Waals surface area (Å²) in [5, 5.41) is 0. The van der Waals surface area contributed by atoms with Gasteiger partial charge in [0.05, 0.1) is 6.42 Å². The molecule has 0 spiro atoms. The van der Waals surface area contributed by atoms with Crippen LogP contribution in [0.15, 0.2) is 12.2 Å². The molecule has 15 heavy (non-hydrogen) atoms. The second kappa shape index (κ2) is 9.44. The van der Waals surface area contributed by atoms with E-state index in [1.54, 1.807) is 6.08 Å². The Morgan fingerprint density at radius 3 is 2.40 bits per heavy atom. The van der Waals surface area contributed by atoms with Gasteiger partial charge in [0.15, 0.2) is 0 Å². The molecule has 0 aromatic heterocycles. The first-order valence-corrected chi connectivity index (χ1v) is 5.59. The number of ether oxygens (including phenoxy) is 1. The van der Waals surface area contributed by atoms with Crippen molar-refractivity contribution in [3.63, 3.8) is 0 Å². The molecule has 3 heteroatoms. The fourth-order valence-corrected chi connectivity index (χ4v) is 1.09. The first-order valence-electron chi connectivity index (χ1n) is 5.59. The lowest BCUT2D eigenvalue weighted by Crippen LogP contribution is -2.11. The summed E-state index contributed by atoms with van der Waals surface area (Å²) in [7, 11) is 0. The van der Waals surface area contributed by atoms with Gasteiger partial charge in [0.1, 0.15) is 0 Å². The van der Waals surface area contributed by atoms with E-state index in [2.05, 4.69) is 11.7 Å². The summed E-state index contributed by atoms with van der Waals surface area (Å²) in [5.74, 6) is -0.862. The van der Waals surface area contributed by atoms with Crippen molar-refractivity contribution in [3.05, 3.63) is 12.2 Å². The predicted molar refractivity (Wildman–Crippen MR) is 59.3 cm³/mol. The van der Waals surface area contributed by atoms with Gasteiger partial charge in [0.25, 0.3) is 0 Å². The molecule has 0 rings (SSSR count). The zero-order valence-electron chi connectivity index (χ0n) is 9.62. The van der Waals surface area contributed by atoms with Gasteiger partial charge >= 0.3 is 11.9 Å². The van der Waals surface area contributed by atoms with Gasteiger partial charge in [-0.3, -0.25) is 9.59 Å². The number of rotatable bonds is 7. The molecule has 0 N–H and O–H groups in total. The molecule has 0 aliphatic rings. The summed E-state index contributed by atoms with van der Waals surface area (Å²) in [4.78, 5) is 22.2. The molecule has 0 amide bonds. The fraction of sp³-hybridized carbons (Fsp3) is 0.667. The second-order valence-corrected chi connectivity index (χ2v) is 3.39. The van der Waals surface area contributed by atoms with E-state index in [4.69, 9.17) is 0 Å². The topological polar surface area (TPSA) is 43.4 Å². The number of allylic oxidation sites excluding steroid dienone is 1. The zero-order chi connectivity index (χ0) is 11.5. The largest absolute Gasteiger partial charge is 0.393 e. The van der Waals surface area contributed by atoms with Crippen LogP contribution in [-0.2, 0) is 14.3 Å². The Morgan fingerprint density at radius 1 is 1.07 bits per heavy atom. The van der Waals surface area contributed by atoms with Crippen LogP contribution < -0.4 is 0 Å². The Balaban J connectivity index is 3.58. The number of hydrogen-bond acceptors (Lipinski definition) is 3. The Morgan fingerprint density at radius 2 is 1.80 bits per heavy atom. The number of hydrogen-bond donors (Lipinski definition) is 0. The third-order valence-electron chi connectivity index (χ3n) is 1.90. The smallest absolute Gasteiger partial charge is 0.317 e. The summed E-state index contributed by atoms with van der Waals surface area (Å²) in [6.45, 7) is 4.05. The average Bonchev–Trinajstić information content (AvgIpc) is 2.18. The minimum atomic E-state index is -0.457. The van der Waals surface area contributed by atoms with E-state index in [1.807, 2.05) is 13.0 Å². The zero-order valence-corrected chi connectivity index (χ0v) is 9.62. The highest BCUT2D eigenvalue weighted by molar-refractivity contribution is 5.86. The van der Waals surface area contributed by atoms with Gasteiger partial charge in [-0.2, -0.15) is 0 Å². The lowest BCUT2D eigenvalue weighted by Gasteiger charge is -2.00. The van der Waals surface area contributed by atoms with Gasteiger partial charge in [-0.25, -0.2) is 0 Å². The molecular weight excluding hydrogens is 192 g/mol. The molecule has 0 aromatic rings. The third kappa shape index (κ3) is 9.19. The van der Waals surface area contributed by atoms with Crippen molar-refractivity contribution in [1.82, 2.24) is 0 Å². The van der Waals surface area contributed by atoms with Crippen LogP contribution in [0, 0.1) is 0 Å². The molecule has 0 aliphatic heterocycles. The van der Waals surface area contributed by atoms with E-state index < -0.39 is 11.9 Å². The van der Waals surface area contributed by atoms with Crippen LogP contribution in [0.1, 0.15) is 52.4 Å². The van der Waals surface area contributed by atoms with E-state index in [0.29, 0.717) is 6.42 Å². The van der Waals surface area contributed by atoms with Gasteiger partial charge in [-0.05, 0) is 12.8 Å². The minimum Gasteiger partial charge on any atom is -0.393 e. The van der Waals surface area contributed by atoms with Crippen molar-refractivity contribution >= 4 is 11.9 Å². The summed E-state index contributed by atoms with van der Waals surface area (Å²) in [5.41, 5.74) is 0. The van der Waals surface area contributed by atoms with Gasteiger partial charge in [-0.1, -0.05) is 38.8 Å². The highest BCUT2D eigenvalue weighted by Gasteiger charge is 2.07. The van der Waals surface area contributed by atoms with Gasteiger partial charge in [0, 0.05) is 6.42 Å². The van der Waals surface area contributed by atoms with Gasteiger partial charge < -0.3 is 4.74 Å². The molecule has 0 saturated carbocycles. The SMILES string of the molecule is CC/C=C\CC(=O)OC(=O)CCCCC. The Hall–Kier alpha value is -1.12. The molecule has 0 unspecified atom stereocenters. The number of esters is 2. The van der Waals surface area contributed by atoms with E-state index in [0.717, 1.165) is 25.7 Å². The molecule has 0 fully saturated rings. The molecule has 86 valence electrons. The molecule has 0 aliphatic carbocycles. The molecule has 0 atom stereocenters. The Bertz CT molecular complexity index is 219. The highest BCUT2D eigenvalue weighted by atomic mass is 16.6. The van der Waals surface area contributed by atoms with E-state index >= 15 is 0 Å². The van der Waals surface area contributed by atoms with Crippen LogP contribution in [0.4, 0.5) is 0 Å². The highest BCUT2D eigenvalue weighted by Crippen LogP contribution is 2.01. The van der Waals surface area contributed by atoms with Crippen LogP contribution in [0.3, 0.4) is 0 Å². The van der Waals surface area contributed by atoms with Crippen molar-refractivity contribution in [2.24, 2.45) is 0 Å². The summed E-state index contributed by atoms with van der Waals surface area (Å²) in [6.07, 6.45) is 7.87. The van der Waals surface area contributed by atoms with Crippen molar-refractivity contribution in [3.8, 4) is 0 Å². The number of carbonyl (C=O) groups excluding carboxylic acids is 2. The quantitative estimate of drug-likeness (QED) is 0.282. The summed E-state index contributed by atoms with van der Waals surface area (Å²) in [6, 6.07) is 0. The molecular formula is C12H20O3. The first kappa shape index (κ1) is 13.9. The lowest BCUT2D eigenvalue weighted by molar-refractivity contribution is -0.159. The maximum atomic E-state index is 11.1. The van der Waals surface area contributed by atoms with Gasteiger partial charge in [0.2, 0.25) is 0 Å². The fourth-order valence-electron chi connectivity index (χ4n) is 1.09. The van der Waals surface area contributed by atoms with Crippen molar-refractivity contribution in [2.45, 2.75) is 52.4 Å². The minimum absolute atomic E-state index is 0.188. The normalized spacial score (nSPS) is 10.5. The van der Waals surface area contributed by atoms with E-state index in [1.165, 1.54) is 0 Å². The van der Waals surface area contributed by atoms with Crippen molar-refractivity contribution < 1.29 is 14.3 Å². The van der Waals surface area contributed by atoms with Crippen LogP contribution in [0.5, 0.6) is 0 Å². The van der Waals surface area contributed by atoms with Crippen LogP contribution in [0.2, 0.25) is 0 Å². The maximum Gasteiger partial charge on any atom is 0.317 e. The summed E-state index contributed by atoms with van der Waals surface area (Å²) >= 11 is 0. The molecule has 0 saturated heterocycles.